The Morgan fingerprint density at radius 1 is 1.62 bits per heavy atom. The summed E-state index contributed by atoms with van der Waals surface area (Å²) in [6, 6.07) is 0. The number of alkyl carbamates (subject to hydrolysis) is 1. The zero-order valence-corrected chi connectivity index (χ0v) is 8.31. The molecule has 1 amide bonds. The lowest BCUT2D eigenvalue weighted by Crippen LogP contribution is -2.34. The number of amides is 1. The molecule has 0 aromatic rings. The minimum atomic E-state index is -0.515. The van der Waals surface area contributed by atoms with Crippen LogP contribution < -0.4 is 5.32 Å². The van der Waals surface area contributed by atoms with Crippen molar-refractivity contribution in [2.75, 3.05) is 6.54 Å². The van der Waals surface area contributed by atoms with Gasteiger partial charge in [-0.05, 0) is 26.8 Å². The third-order valence-corrected chi connectivity index (χ3v) is 1.07. The van der Waals surface area contributed by atoms with Crippen LogP contribution in [0.4, 0.5) is 4.79 Å². The molecule has 0 aliphatic rings. The van der Waals surface area contributed by atoms with Gasteiger partial charge in [-0.3, -0.25) is 0 Å². The highest BCUT2D eigenvalue weighted by atomic mass is 16.6. The Kier molecular flexibility index (Phi) is 4.17. The highest BCUT2D eigenvalue weighted by Crippen LogP contribution is 2.05. The SMILES string of the molecule is C=CC(=N)CNC(=O)OC(C)(C)C. The molecule has 0 radical (unpaired) electrons. The van der Waals surface area contributed by atoms with Gasteiger partial charge in [0.2, 0.25) is 0 Å². The van der Waals surface area contributed by atoms with Crippen LogP contribution in [0.25, 0.3) is 0 Å². The van der Waals surface area contributed by atoms with E-state index >= 15 is 0 Å². The largest absolute Gasteiger partial charge is 0.444 e. The van der Waals surface area contributed by atoms with Crippen LogP contribution in [-0.2, 0) is 4.74 Å². The van der Waals surface area contributed by atoms with Gasteiger partial charge in [0, 0.05) is 0 Å². The molecule has 0 saturated heterocycles. The predicted octanol–water partition coefficient (Wildman–Crippen LogP) is 1.72. The first-order valence-corrected chi connectivity index (χ1v) is 4.02. The van der Waals surface area contributed by atoms with Gasteiger partial charge >= 0.3 is 6.09 Å². The fraction of sp³-hybridized carbons (Fsp3) is 0.556. The first kappa shape index (κ1) is 11.7. The molecular weight excluding hydrogens is 168 g/mol. The second-order valence-electron chi connectivity index (χ2n) is 3.58. The van der Waals surface area contributed by atoms with E-state index in [1.54, 1.807) is 20.8 Å². The van der Waals surface area contributed by atoms with E-state index in [0.717, 1.165) is 0 Å². The summed E-state index contributed by atoms with van der Waals surface area (Å²) in [5.41, 5.74) is -0.244. The van der Waals surface area contributed by atoms with Crippen molar-refractivity contribution in [3.63, 3.8) is 0 Å². The first-order chi connectivity index (χ1) is 5.85. The van der Waals surface area contributed by atoms with Gasteiger partial charge < -0.3 is 15.5 Å². The van der Waals surface area contributed by atoms with Crippen molar-refractivity contribution >= 4 is 11.8 Å². The Morgan fingerprint density at radius 2 is 2.15 bits per heavy atom. The van der Waals surface area contributed by atoms with Gasteiger partial charge in [-0.2, -0.15) is 0 Å². The molecule has 0 saturated carbocycles. The molecular formula is C9H16N2O2. The molecule has 0 rings (SSSR count). The van der Waals surface area contributed by atoms with Crippen LogP contribution in [0.2, 0.25) is 0 Å². The summed E-state index contributed by atoms with van der Waals surface area (Å²) in [6.07, 6.45) is 0.858. The fourth-order valence-electron chi connectivity index (χ4n) is 0.554. The molecule has 0 fully saturated rings. The first-order valence-electron chi connectivity index (χ1n) is 4.02. The number of ether oxygens (including phenoxy) is 1. The maximum Gasteiger partial charge on any atom is 0.407 e. The normalized spacial score (nSPS) is 10.4. The summed E-state index contributed by atoms with van der Waals surface area (Å²) in [6.45, 7) is 8.90. The van der Waals surface area contributed by atoms with E-state index in [4.69, 9.17) is 10.1 Å². The lowest BCUT2D eigenvalue weighted by molar-refractivity contribution is 0.0536. The van der Waals surface area contributed by atoms with Gasteiger partial charge in [-0.25, -0.2) is 4.79 Å². The quantitative estimate of drug-likeness (QED) is 0.656. The molecule has 2 N–H and O–H groups in total. The second-order valence-corrected chi connectivity index (χ2v) is 3.58. The molecule has 74 valence electrons. The molecule has 0 heterocycles. The number of rotatable bonds is 3. The van der Waals surface area contributed by atoms with E-state index in [0.29, 0.717) is 0 Å². The Morgan fingerprint density at radius 3 is 2.54 bits per heavy atom. The molecule has 4 heteroatoms. The number of hydrogen-bond acceptors (Lipinski definition) is 3. The number of nitrogens with one attached hydrogen (secondary N) is 2. The number of carbonyl (C=O) groups is 1. The molecule has 0 aliphatic carbocycles. The third kappa shape index (κ3) is 7.05. The van der Waals surface area contributed by atoms with Gasteiger partial charge in [0.1, 0.15) is 5.60 Å². The average molecular weight is 184 g/mol. The topological polar surface area (TPSA) is 62.2 Å². The van der Waals surface area contributed by atoms with Crippen LogP contribution >= 0.6 is 0 Å². The average Bonchev–Trinajstić information content (AvgIpc) is 1.97. The van der Waals surface area contributed by atoms with Gasteiger partial charge in [0.15, 0.2) is 0 Å². The van der Waals surface area contributed by atoms with Crippen molar-refractivity contribution < 1.29 is 9.53 Å². The fourth-order valence-corrected chi connectivity index (χ4v) is 0.554. The Labute approximate surface area is 78.5 Å². The van der Waals surface area contributed by atoms with E-state index in [-0.39, 0.29) is 12.3 Å². The molecule has 0 aromatic heterocycles. The molecule has 0 bridgehead atoms. The zero-order valence-electron chi connectivity index (χ0n) is 8.31. The highest BCUT2D eigenvalue weighted by molar-refractivity contribution is 5.95. The van der Waals surface area contributed by atoms with Crippen molar-refractivity contribution in [1.29, 1.82) is 5.41 Å². The maximum atomic E-state index is 11.0. The Bertz CT molecular complexity index is 216. The van der Waals surface area contributed by atoms with Gasteiger partial charge in [0.05, 0.1) is 12.3 Å². The summed E-state index contributed by atoms with van der Waals surface area (Å²) in [5, 5.41) is 9.61. The lowest BCUT2D eigenvalue weighted by atomic mass is 10.2. The number of carbonyl (C=O) groups excluding carboxylic acids is 1. The van der Waals surface area contributed by atoms with E-state index in [2.05, 4.69) is 11.9 Å². The van der Waals surface area contributed by atoms with Crippen molar-refractivity contribution in [2.24, 2.45) is 0 Å². The monoisotopic (exact) mass is 184 g/mol. The van der Waals surface area contributed by atoms with Crippen molar-refractivity contribution in [3.05, 3.63) is 12.7 Å². The Hall–Kier alpha value is -1.32. The third-order valence-electron chi connectivity index (χ3n) is 1.07. The van der Waals surface area contributed by atoms with Gasteiger partial charge in [-0.1, -0.05) is 6.58 Å². The summed E-state index contributed by atoms with van der Waals surface area (Å²) in [7, 11) is 0. The minimum absolute atomic E-state index is 0.151. The van der Waals surface area contributed by atoms with Crippen molar-refractivity contribution in [2.45, 2.75) is 26.4 Å². The van der Waals surface area contributed by atoms with E-state index < -0.39 is 11.7 Å². The highest BCUT2D eigenvalue weighted by Gasteiger charge is 2.15. The number of hydrogen-bond donors (Lipinski definition) is 2. The molecule has 4 nitrogen and oxygen atoms in total. The van der Waals surface area contributed by atoms with Crippen LogP contribution in [0.15, 0.2) is 12.7 Å². The van der Waals surface area contributed by atoms with E-state index in [1.165, 1.54) is 6.08 Å². The Balaban J connectivity index is 3.77. The standard InChI is InChI=1S/C9H16N2O2/c1-5-7(10)6-11-8(12)13-9(2,3)4/h5,10H,1,6H2,2-4H3,(H,11,12). The molecule has 0 atom stereocenters. The summed E-state index contributed by atoms with van der Waals surface area (Å²) in [5.74, 6) is 0. The van der Waals surface area contributed by atoms with Crippen LogP contribution in [0.3, 0.4) is 0 Å². The van der Waals surface area contributed by atoms with Gasteiger partial charge in [0.25, 0.3) is 0 Å². The molecule has 0 spiro atoms. The van der Waals surface area contributed by atoms with Gasteiger partial charge in [-0.15, -0.1) is 0 Å². The van der Waals surface area contributed by atoms with Crippen LogP contribution in [0.5, 0.6) is 0 Å². The molecule has 0 unspecified atom stereocenters. The molecule has 0 aliphatic heterocycles. The summed E-state index contributed by atoms with van der Waals surface area (Å²) >= 11 is 0. The molecule has 0 aromatic carbocycles. The molecule has 13 heavy (non-hydrogen) atoms. The maximum absolute atomic E-state index is 11.0. The summed E-state index contributed by atoms with van der Waals surface area (Å²) < 4.78 is 4.95. The van der Waals surface area contributed by atoms with Crippen LogP contribution in [0, 0.1) is 5.41 Å². The van der Waals surface area contributed by atoms with E-state index in [9.17, 15) is 4.79 Å². The van der Waals surface area contributed by atoms with E-state index in [1.807, 2.05) is 0 Å². The second kappa shape index (κ2) is 4.64. The smallest absolute Gasteiger partial charge is 0.407 e. The minimum Gasteiger partial charge on any atom is -0.444 e. The lowest BCUT2D eigenvalue weighted by Gasteiger charge is -2.19. The zero-order chi connectivity index (χ0) is 10.5. The van der Waals surface area contributed by atoms with Crippen molar-refractivity contribution in [3.8, 4) is 0 Å². The summed E-state index contributed by atoms with van der Waals surface area (Å²) in [4.78, 5) is 11.0. The predicted molar refractivity (Wildman–Crippen MR) is 52.2 cm³/mol. The van der Waals surface area contributed by atoms with Crippen molar-refractivity contribution in [1.82, 2.24) is 5.32 Å². The van der Waals surface area contributed by atoms with Crippen LogP contribution in [-0.4, -0.2) is 24.0 Å². The van der Waals surface area contributed by atoms with Crippen LogP contribution in [0.1, 0.15) is 20.8 Å².